The van der Waals surface area contributed by atoms with Crippen LogP contribution in [0.2, 0.25) is 0 Å². The van der Waals surface area contributed by atoms with E-state index in [4.69, 9.17) is 4.74 Å². The maximum Gasteiger partial charge on any atom is 0.340 e. The Labute approximate surface area is 124 Å². The first-order chi connectivity index (χ1) is 9.18. The van der Waals surface area contributed by atoms with Crippen LogP contribution in [-0.2, 0) is 9.53 Å². The van der Waals surface area contributed by atoms with Gasteiger partial charge in [0, 0.05) is 6.42 Å². The van der Waals surface area contributed by atoms with Crippen molar-refractivity contribution >= 4 is 23.9 Å². The number of hydrogen-bond donors (Lipinski definition) is 1. The molecular weight excluding hydrogens is 276 g/mol. The molecule has 0 fully saturated rings. The molecule has 4 heteroatoms. The van der Waals surface area contributed by atoms with Gasteiger partial charge in [-0.05, 0) is 17.2 Å². The van der Waals surface area contributed by atoms with Gasteiger partial charge in [0.2, 0.25) is 0 Å². The quantitative estimate of drug-likeness (QED) is 0.845. The molecule has 1 N–H and O–H groups in total. The highest BCUT2D eigenvalue weighted by Gasteiger charge is 2.37. The Bertz CT molecular complexity index is 534. The molecule has 1 unspecified atom stereocenters. The van der Waals surface area contributed by atoms with Gasteiger partial charge < -0.3 is 9.84 Å². The molecular formula is C16H17ClO3. The van der Waals surface area contributed by atoms with Crippen LogP contribution in [0.25, 0.3) is 5.57 Å². The van der Waals surface area contributed by atoms with Crippen LogP contribution in [0.5, 0.6) is 0 Å². The lowest BCUT2D eigenvalue weighted by molar-refractivity contribution is -0.157. The molecule has 0 aromatic heterocycles. The summed E-state index contributed by atoms with van der Waals surface area (Å²) in [6, 6.07) is 9.85. The molecule has 1 aromatic carbocycles. The zero-order chi connectivity index (χ0) is 13.7. The first-order valence-electron chi connectivity index (χ1n) is 6.11. The van der Waals surface area contributed by atoms with Crippen LogP contribution in [0, 0.1) is 0 Å². The predicted octanol–water partition coefficient (Wildman–Crippen LogP) is 3.48. The molecule has 0 radical (unpaired) electrons. The number of rotatable bonds is 5. The molecule has 0 saturated carbocycles. The van der Waals surface area contributed by atoms with Gasteiger partial charge in [-0.25, -0.2) is 4.79 Å². The normalized spacial score (nSPS) is 20.7. The van der Waals surface area contributed by atoms with Crippen molar-refractivity contribution in [2.45, 2.75) is 12.0 Å². The summed E-state index contributed by atoms with van der Waals surface area (Å²) in [5, 5.41) is 9.33. The van der Waals surface area contributed by atoms with E-state index in [0.29, 0.717) is 6.42 Å². The Kier molecular flexibility index (Phi) is 5.74. The zero-order valence-corrected chi connectivity index (χ0v) is 11.8. The lowest BCUT2D eigenvalue weighted by Gasteiger charge is -2.27. The largest absolute Gasteiger partial charge is 0.479 e. The van der Waals surface area contributed by atoms with Crippen LogP contribution >= 0.6 is 12.4 Å². The van der Waals surface area contributed by atoms with Gasteiger partial charge in [-0.15, -0.1) is 19.0 Å². The summed E-state index contributed by atoms with van der Waals surface area (Å²) in [7, 11) is 0. The second-order valence-electron chi connectivity index (χ2n) is 4.36. The van der Waals surface area contributed by atoms with Crippen LogP contribution < -0.4 is 0 Å². The van der Waals surface area contributed by atoms with E-state index in [1.165, 1.54) is 0 Å². The number of aliphatic carboxylic acids is 1. The van der Waals surface area contributed by atoms with Crippen molar-refractivity contribution in [3.63, 3.8) is 0 Å². The highest BCUT2D eigenvalue weighted by Crippen LogP contribution is 2.29. The van der Waals surface area contributed by atoms with Crippen molar-refractivity contribution in [1.29, 1.82) is 0 Å². The van der Waals surface area contributed by atoms with Crippen LogP contribution in [0.1, 0.15) is 12.0 Å². The minimum atomic E-state index is -1.27. The molecule has 0 bridgehead atoms. The smallest absolute Gasteiger partial charge is 0.340 e. The van der Waals surface area contributed by atoms with E-state index in [1.807, 2.05) is 36.4 Å². The van der Waals surface area contributed by atoms with Gasteiger partial charge in [0.05, 0.1) is 6.61 Å². The minimum Gasteiger partial charge on any atom is -0.479 e. The fourth-order valence-electron chi connectivity index (χ4n) is 2.00. The van der Waals surface area contributed by atoms with E-state index >= 15 is 0 Å². The topological polar surface area (TPSA) is 46.5 Å². The molecule has 0 heterocycles. The van der Waals surface area contributed by atoms with Gasteiger partial charge in [-0.1, -0.05) is 48.6 Å². The van der Waals surface area contributed by atoms with E-state index in [-0.39, 0.29) is 19.0 Å². The van der Waals surface area contributed by atoms with Crippen molar-refractivity contribution in [3.05, 3.63) is 66.8 Å². The molecule has 0 aliphatic heterocycles. The standard InChI is InChI=1S/C16H16O3.ClH/c1-2-12-19-16(15(17)18)10-8-14(9-11-16)13-6-4-3-5-7-13;/h2-10H,1,11-12H2,(H,17,18);1H. The average Bonchev–Trinajstić information content (AvgIpc) is 2.46. The van der Waals surface area contributed by atoms with Crippen molar-refractivity contribution in [2.75, 3.05) is 6.61 Å². The molecule has 1 aromatic rings. The number of hydrogen-bond acceptors (Lipinski definition) is 2. The van der Waals surface area contributed by atoms with E-state index in [0.717, 1.165) is 11.1 Å². The van der Waals surface area contributed by atoms with Crippen LogP contribution in [-0.4, -0.2) is 23.3 Å². The number of carbonyl (C=O) groups is 1. The van der Waals surface area contributed by atoms with Gasteiger partial charge in [-0.2, -0.15) is 0 Å². The van der Waals surface area contributed by atoms with Crippen LogP contribution in [0.15, 0.2) is 61.2 Å². The lowest BCUT2D eigenvalue weighted by atomic mass is 9.89. The number of carboxylic acid groups (broad SMARTS) is 1. The summed E-state index contributed by atoms with van der Waals surface area (Å²) in [4.78, 5) is 11.4. The van der Waals surface area contributed by atoms with Crippen molar-refractivity contribution in [1.82, 2.24) is 0 Å². The molecule has 0 spiro atoms. The molecule has 20 heavy (non-hydrogen) atoms. The molecule has 1 aliphatic rings. The maximum atomic E-state index is 11.4. The third-order valence-corrected chi connectivity index (χ3v) is 3.09. The third-order valence-electron chi connectivity index (χ3n) is 3.09. The van der Waals surface area contributed by atoms with E-state index in [1.54, 1.807) is 18.2 Å². The van der Waals surface area contributed by atoms with Crippen molar-refractivity contribution in [2.24, 2.45) is 0 Å². The summed E-state index contributed by atoms with van der Waals surface area (Å²) < 4.78 is 5.42. The number of benzene rings is 1. The maximum absolute atomic E-state index is 11.4. The summed E-state index contributed by atoms with van der Waals surface area (Å²) in [6.07, 6.45) is 7.18. The monoisotopic (exact) mass is 292 g/mol. The Morgan fingerprint density at radius 2 is 2.10 bits per heavy atom. The van der Waals surface area contributed by atoms with Crippen molar-refractivity contribution < 1.29 is 14.6 Å². The molecule has 0 saturated heterocycles. The Balaban J connectivity index is 0.00000200. The molecule has 106 valence electrons. The predicted molar refractivity (Wildman–Crippen MR) is 81.9 cm³/mol. The van der Waals surface area contributed by atoms with E-state index in [2.05, 4.69) is 6.58 Å². The summed E-state index contributed by atoms with van der Waals surface area (Å²) in [6.45, 7) is 3.75. The summed E-state index contributed by atoms with van der Waals surface area (Å²) >= 11 is 0. The van der Waals surface area contributed by atoms with Crippen LogP contribution in [0.4, 0.5) is 0 Å². The summed E-state index contributed by atoms with van der Waals surface area (Å²) in [5.41, 5.74) is 0.813. The number of ether oxygens (including phenoxy) is 1. The highest BCUT2D eigenvalue weighted by molar-refractivity contribution is 5.86. The summed E-state index contributed by atoms with van der Waals surface area (Å²) in [5.74, 6) is -0.978. The van der Waals surface area contributed by atoms with Gasteiger partial charge in [0.25, 0.3) is 0 Å². The zero-order valence-electron chi connectivity index (χ0n) is 11.0. The fourth-order valence-corrected chi connectivity index (χ4v) is 2.00. The molecule has 2 rings (SSSR count). The molecule has 1 atom stereocenters. The van der Waals surface area contributed by atoms with Gasteiger partial charge >= 0.3 is 5.97 Å². The highest BCUT2D eigenvalue weighted by atomic mass is 35.5. The van der Waals surface area contributed by atoms with Gasteiger partial charge in [0.15, 0.2) is 5.60 Å². The third kappa shape index (κ3) is 3.38. The SMILES string of the molecule is C=CCOC1(C(=O)O)C=CC(c2ccccc2)=CC1.Cl. The number of carboxylic acids is 1. The number of allylic oxidation sites excluding steroid dienone is 2. The lowest BCUT2D eigenvalue weighted by Crippen LogP contribution is -2.40. The van der Waals surface area contributed by atoms with Gasteiger partial charge in [0.1, 0.15) is 0 Å². The first kappa shape index (κ1) is 16.2. The molecule has 3 nitrogen and oxygen atoms in total. The van der Waals surface area contributed by atoms with Crippen molar-refractivity contribution in [3.8, 4) is 0 Å². The minimum absolute atomic E-state index is 0. The molecule has 1 aliphatic carbocycles. The second-order valence-corrected chi connectivity index (χ2v) is 4.36. The average molecular weight is 293 g/mol. The van der Waals surface area contributed by atoms with E-state index in [9.17, 15) is 9.90 Å². The number of halogens is 1. The van der Waals surface area contributed by atoms with Gasteiger partial charge in [-0.3, -0.25) is 0 Å². The van der Waals surface area contributed by atoms with Crippen LogP contribution in [0.3, 0.4) is 0 Å². The molecule has 0 amide bonds. The Hall–Kier alpha value is -1.84. The van der Waals surface area contributed by atoms with E-state index < -0.39 is 11.6 Å². The Morgan fingerprint density at radius 1 is 1.40 bits per heavy atom. The fraction of sp³-hybridized carbons (Fsp3) is 0.188. The Morgan fingerprint density at radius 3 is 2.60 bits per heavy atom. The first-order valence-corrected chi connectivity index (χ1v) is 6.11. The second kappa shape index (κ2) is 7.08.